The van der Waals surface area contributed by atoms with E-state index in [1.807, 2.05) is 19.1 Å². The molecule has 1 aliphatic rings. The van der Waals surface area contributed by atoms with Crippen molar-refractivity contribution in [3.05, 3.63) is 33.7 Å². The Labute approximate surface area is 121 Å². The maximum Gasteiger partial charge on any atom is 0.360 e. The van der Waals surface area contributed by atoms with Gasteiger partial charge in [0.05, 0.1) is 11.0 Å². The fourth-order valence-corrected chi connectivity index (χ4v) is 2.85. The van der Waals surface area contributed by atoms with E-state index < -0.39 is 17.2 Å². The first kappa shape index (κ1) is 13.6. The number of hydrogen-bond acceptors (Lipinski definition) is 4. The number of H-pyrrole nitrogens is 1. The van der Waals surface area contributed by atoms with E-state index in [2.05, 4.69) is 14.9 Å². The molecule has 0 unspecified atom stereocenters. The Hall–Kier alpha value is -2.37. The van der Waals surface area contributed by atoms with Gasteiger partial charge in [-0.1, -0.05) is 0 Å². The van der Waals surface area contributed by atoms with Crippen LogP contribution < -0.4 is 10.5 Å². The van der Waals surface area contributed by atoms with Crippen LogP contribution in [0.1, 0.15) is 35.3 Å². The van der Waals surface area contributed by atoms with Crippen molar-refractivity contribution in [3.63, 3.8) is 0 Å². The lowest BCUT2D eigenvalue weighted by Crippen LogP contribution is -2.30. The van der Waals surface area contributed by atoms with E-state index in [0.29, 0.717) is 11.0 Å². The van der Waals surface area contributed by atoms with Crippen molar-refractivity contribution in [2.75, 3.05) is 18.0 Å². The highest BCUT2D eigenvalue weighted by atomic mass is 16.4. The number of aromatic carboxylic acids is 1. The van der Waals surface area contributed by atoms with E-state index in [9.17, 15) is 9.59 Å². The fraction of sp³-hybridized carbons (Fsp3) is 0.400. The molecule has 0 spiro atoms. The van der Waals surface area contributed by atoms with Crippen LogP contribution >= 0.6 is 0 Å². The zero-order valence-corrected chi connectivity index (χ0v) is 11.8. The number of benzene rings is 1. The van der Waals surface area contributed by atoms with E-state index in [1.54, 1.807) is 0 Å². The van der Waals surface area contributed by atoms with E-state index in [4.69, 9.17) is 5.11 Å². The minimum absolute atomic E-state index is 0.462. The minimum Gasteiger partial charge on any atom is -0.476 e. The molecule has 110 valence electrons. The maximum absolute atomic E-state index is 11.7. The molecule has 0 bridgehead atoms. The summed E-state index contributed by atoms with van der Waals surface area (Å²) in [6.45, 7) is 4.00. The largest absolute Gasteiger partial charge is 0.476 e. The predicted molar refractivity (Wildman–Crippen MR) is 80.1 cm³/mol. The number of rotatable bonds is 2. The van der Waals surface area contributed by atoms with Crippen LogP contribution in [-0.4, -0.2) is 34.1 Å². The Morgan fingerprint density at radius 3 is 2.67 bits per heavy atom. The van der Waals surface area contributed by atoms with Crippen LogP contribution in [0.2, 0.25) is 0 Å². The number of nitrogens with zero attached hydrogens (tertiary/aromatic N) is 2. The molecule has 0 aliphatic carbocycles. The Morgan fingerprint density at radius 1 is 1.29 bits per heavy atom. The highest BCUT2D eigenvalue weighted by Gasteiger charge is 2.16. The number of carboxylic acids is 1. The number of aromatic amines is 1. The van der Waals surface area contributed by atoms with Crippen molar-refractivity contribution >= 4 is 22.7 Å². The summed E-state index contributed by atoms with van der Waals surface area (Å²) in [5.41, 5.74) is 2.08. The third-order valence-electron chi connectivity index (χ3n) is 3.91. The molecule has 0 atom stereocenters. The van der Waals surface area contributed by atoms with Crippen LogP contribution in [0, 0.1) is 6.92 Å². The van der Waals surface area contributed by atoms with E-state index >= 15 is 0 Å². The second-order valence-corrected chi connectivity index (χ2v) is 5.42. The number of hydrogen-bond donors (Lipinski definition) is 2. The quantitative estimate of drug-likeness (QED) is 0.881. The normalized spacial score (nSPS) is 15.4. The molecule has 6 nitrogen and oxygen atoms in total. The molecular weight excluding hydrogens is 270 g/mol. The summed E-state index contributed by atoms with van der Waals surface area (Å²) in [4.78, 5) is 31.6. The smallest absolute Gasteiger partial charge is 0.360 e. The topological polar surface area (TPSA) is 86.3 Å². The van der Waals surface area contributed by atoms with Crippen LogP contribution in [0.15, 0.2) is 16.9 Å². The summed E-state index contributed by atoms with van der Waals surface area (Å²) in [7, 11) is 0. The Balaban J connectivity index is 2.14. The van der Waals surface area contributed by atoms with Gasteiger partial charge in [-0.3, -0.25) is 4.79 Å². The number of anilines is 1. The Kier molecular flexibility index (Phi) is 3.37. The van der Waals surface area contributed by atoms with Crippen LogP contribution in [-0.2, 0) is 0 Å². The van der Waals surface area contributed by atoms with Crippen LogP contribution in [0.25, 0.3) is 11.0 Å². The molecule has 1 fully saturated rings. The van der Waals surface area contributed by atoms with Gasteiger partial charge < -0.3 is 15.0 Å². The van der Waals surface area contributed by atoms with Crippen LogP contribution in [0.4, 0.5) is 5.69 Å². The van der Waals surface area contributed by atoms with E-state index in [0.717, 1.165) is 37.2 Å². The molecule has 2 aromatic rings. The standard InChI is InChI=1S/C15H17N3O3/c1-9-7-10-11(16-13(15(20)21)14(19)17-10)8-12(9)18-5-3-2-4-6-18/h7-8H,2-6H2,1H3,(H,17,19)(H,20,21). The molecule has 21 heavy (non-hydrogen) atoms. The van der Waals surface area contributed by atoms with Gasteiger partial charge >= 0.3 is 5.97 Å². The van der Waals surface area contributed by atoms with Crippen LogP contribution in [0.5, 0.6) is 0 Å². The first-order valence-corrected chi connectivity index (χ1v) is 7.09. The molecule has 0 saturated carbocycles. The number of fused-ring (bicyclic) bond motifs is 1. The second kappa shape index (κ2) is 5.20. The lowest BCUT2D eigenvalue weighted by Gasteiger charge is -2.30. The third kappa shape index (κ3) is 2.49. The minimum atomic E-state index is -1.31. The molecule has 1 aromatic heterocycles. The summed E-state index contributed by atoms with van der Waals surface area (Å²) in [5, 5.41) is 9.00. The molecule has 1 aromatic carbocycles. The number of carboxylic acid groups (broad SMARTS) is 1. The Morgan fingerprint density at radius 2 is 2.00 bits per heavy atom. The molecule has 2 heterocycles. The van der Waals surface area contributed by atoms with E-state index in [-0.39, 0.29) is 0 Å². The first-order chi connectivity index (χ1) is 10.1. The first-order valence-electron chi connectivity index (χ1n) is 7.09. The summed E-state index contributed by atoms with van der Waals surface area (Å²) in [6.07, 6.45) is 3.58. The van der Waals surface area contributed by atoms with Crippen molar-refractivity contribution in [1.29, 1.82) is 0 Å². The molecule has 0 radical (unpaired) electrons. The fourth-order valence-electron chi connectivity index (χ4n) is 2.85. The molecule has 0 amide bonds. The molecule has 6 heteroatoms. The second-order valence-electron chi connectivity index (χ2n) is 5.42. The number of nitrogens with one attached hydrogen (secondary N) is 1. The van der Waals surface area contributed by atoms with Crippen LogP contribution in [0.3, 0.4) is 0 Å². The van der Waals surface area contributed by atoms with Crippen molar-refractivity contribution in [1.82, 2.24) is 9.97 Å². The summed E-state index contributed by atoms with van der Waals surface area (Å²) < 4.78 is 0. The van der Waals surface area contributed by atoms with Gasteiger partial charge in [0, 0.05) is 18.8 Å². The van der Waals surface area contributed by atoms with E-state index in [1.165, 1.54) is 6.42 Å². The molecule has 2 N–H and O–H groups in total. The highest BCUT2D eigenvalue weighted by Crippen LogP contribution is 2.27. The monoisotopic (exact) mass is 287 g/mol. The summed E-state index contributed by atoms with van der Waals surface area (Å²) >= 11 is 0. The number of piperidine rings is 1. The van der Waals surface area contributed by atoms with Gasteiger partial charge in [-0.05, 0) is 43.9 Å². The summed E-state index contributed by atoms with van der Waals surface area (Å²) in [5.74, 6) is -1.31. The Bertz CT molecular complexity index is 761. The van der Waals surface area contributed by atoms with Gasteiger partial charge in [0.1, 0.15) is 0 Å². The number of aromatic nitrogens is 2. The van der Waals surface area contributed by atoms with Crippen molar-refractivity contribution in [2.45, 2.75) is 26.2 Å². The van der Waals surface area contributed by atoms with Gasteiger partial charge in [0.15, 0.2) is 0 Å². The number of aryl methyl sites for hydroxylation is 1. The average Bonchev–Trinajstić information content (AvgIpc) is 2.46. The van der Waals surface area contributed by atoms with Crippen molar-refractivity contribution < 1.29 is 9.90 Å². The zero-order chi connectivity index (χ0) is 15.0. The van der Waals surface area contributed by atoms with Gasteiger partial charge in [-0.2, -0.15) is 0 Å². The predicted octanol–water partition coefficient (Wildman–Crippen LogP) is 1.92. The van der Waals surface area contributed by atoms with Crippen molar-refractivity contribution in [2.24, 2.45) is 0 Å². The molecule has 1 saturated heterocycles. The molecule has 3 rings (SSSR count). The van der Waals surface area contributed by atoms with Gasteiger partial charge in [0.2, 0.25) is 5.69 Å². The van der Waals surface area contributed by atoms with Crippen molar-refractivity contribution in [3.8, 4) is 0 Å². The average molecular weight is 287 g/mol. The number of carbonyl (C=O) groups is 1. The summed E-state index contributed by atoms with van der Waals surface area (Å²) in [6, 6.07) is 3.73. The van der Waals surface area contributed by atoms with Gasteiger partial charge in [0.25, 0.3) is 5.56 Å². The van der Waals surface area contributed by atoms with Gasteiger partial charge in [-0.25, -0.2) is 9.78 Å². The lowest BCUT2D eigenvalue weighted by atomic mass is 10.1. The lowest BCUT2D eigenvalue weighted by molar-refractivity contribution is 0.0689. The third-order valence-corrected chi connectivity index (χ3v) is 3.91. The highest BCUT2D eigenvalue weighted by molar-refractivity contribution is 5.89. The maximum atomic E-state index is 11.7. The zero-order valence-electron chi connectivity index (χ0n) is 11.8. The van der Waals surface area contributed by atoms with Gasteiger partial charge in [-0.15, -0.1) is 0 Å². The molecular formula is C15H17N3O3. The molecule has 1 aliphatic heterocycles. The SMILES string of the molecule is Cc1cc2[nH]c(=O)c(C(=O)O)nc2cc1N1CCCCC1.